The zero-order valence-electron chi connectivity index (χ0n) is 16.4. The zero-order chi connectivity index (χ0) is 21.9. The molecule has 8 nitrogen and oxygen atoms in total. The number of rotatable bonds is 3. The van der Waals surface area contributed by atoms with E-state index in [9.17, 15) is 22.0 Å². The Bertz CT molecular complexity index is 1080. The van der Waals surface area contributed by atoms with Gasteiger partial charge in [-0.3, -0.25) is 5.10 Å². The summed E-state index contributed by atoms with van der Waals surface area (Å²) in [6, 6.07) is 0. The fourth-order valence-electron chi connectivity index (χ4n) is 3.26. The minimum Gasteiger partial charge on any atom is -0.348 e. The van der Waals surface area contributed by atoms with Crippen LogP contribution in [0.25, 0.3) is 11.2 Å². The van der Waals surface area contributed by atoms with Crippen molar-refractivity contribution in [3.63, 3.8) is 0 Å². The van der Waals surface area contributed by atoms with Crippen molar-refractivity contribution in [2.75, 3.05) is 18.0 Å². The van der Waals surface area contributed by atoms with E-state index in [2.05, 4.69) is 30.5 Å². The highest BCUT2D eigenvalue weighted by Gasteiger charge is 2.40. The minimum absolute atomic E-state index is 0.0789. The summed E-state index contributed by atoms with van der Waals surface area (Å²) in [5, 5.41) is 13.4. The van der Waals surface area contributed by atoms with Crippen LogP contribution >= 0.6 is 0 Å². The van der Waals surface area contributed by atoms with Gasteiger partial charge in [-0.25, -0.2) is 23.4 Å². The van der Waals surface area contributed by atoms with Crippen molar-refractivity contribution >= 4 is 17.0 Å². The number of fused-ring (bicyclic) bond motifs is 1. The van der Waals surface area contributed by atoms with E-state index in [0.29, 0.717) is 5.82 Å². The molecule has 162 valence electrons. The molecule has 4 heterocycles. The number of aromatic amines is 1. The molecule has 0 aliphatic carbocycles. The molecule has 0 atom stereocenters. The largest absolute Gasteiger partial charge is 0.435 e. The highest BCUT2D eigenvalue weighted by atomic mass is 19.4. The molecule has 1 N–H and O–H groups in total. The molecule has 3 aromatic heterocycles. The lowest BCUT2D eigenvalue weighted by molar-refractivity contribution is -0.141. The Kier molecular flexibility index (Phi) is 4.47. The molecule has 0 radical (unpaired) electrons. The Morgan fingerprint density at radius 3 is 2.50 bits per heavy atom. The fourth-order valence-corrected chi connectivity index (χ4v) is 3.26. The van der Waals surface area contributed by atoms with Gasteiger partial charge < -0.3 is 4.90 Å². The third-order valence-corrected chi connectivity index (χ3v) is 4.79. The van der Waals surface area contributed by atoms with Gasteiger partial charge in [0.15, 0.2) is 22.7 Å². The number of nitrogens with one attached hydrogen (secondary N) is 1. The van der Waals surface area contributed by atoms with Gasteiger partial charge in [-0.2, -0.15) is 18.3 Å². The Hall–Kier alpha value is -2.86. The van der Waals surface area contributed by atoms with Crippen LogP contribution in [0.3, 0.4) is 0 Å². The van der Waals surface area contributed by atoms with Crippen molar-refractivity contribution in [2.24, 2.45) is 0 Å². The maximum absolute atomic E-state index is 13.8. The van der Waals surface area contributed by atoms with Gasteiger partial charge in [0.25, 0.3) is 5.92 Å². The molecule has 3 aromatic rings. The standard InChI is InChI=1S/C17H19F5N8/c1-15(2,3)14-24-12(29-5-4-16(18,19)8-29)10-13(25-14)30(28-26-10)7-9-6-23-27-11(9)17(20,21)22/h6H,4-5,7-8H2,1-3H3,(H,23,27). The van der Waals surface area contributed by atoms with E-state index in [1.807, 2.05) is 20.8 Å². The summed E-state index contributed by atoms with van der Waals surface area (Å²) in [6.07, 6.45) is -3.82. The predicted molar refractivity (Wildman–Crippen MR) is 96.3 cm³/mol. The van der Waals surface area contributed by atoms with Crippen molar-refractivity contribution in [2.45, 2.75) is 51.3 Å². The molecule has 0 saturated carbocycles. The fraction of sp³-hybridized carbons (Fsp3) is 0.588. The number of alkyl halides is 5. The lowest BCUT2D eigenvalue weighted by atomic mass is 9.96. The second-order valence-corrected chi connectivity index (χ2v) is 8.32. The first-order valence-corrected chi connectivity index (χ1v) is 9.19. The highest BCUT2D eigenvalue weighted by molar-refractivity contribution is 5.83. The van der Waals surface area contributed by atoms with Gasteiger partial charge in [-0.1, -0.05) is 26.0 Å². The van der Waals surface area contributed by atoms with E-state index in [0.717, 1.165) is 6.20 Å². The van der Waals surface area contributed by atoms with Gasteiger partial charge in [-0.05, 0) is 0 Å². The molecule has 0 bridgehead atoms. The van der Waals surface area contributed by atoms with Crippen LogP contribution in [-0.4, -0.2) is 54.2 Å². The maximum atomic E-state index is 13.8. The first-order valence-electron chi connectivity index (χ1n) is 9.19. The van der Waals surface area contributed by atoms with Crippen LogP contribution in [0.2, 0.25) is 0 Å². The van der Waals surface area contributed by atoms with Crippen LogP contribution in [0.15, 0.2) is 6.20 Å². The van der Waals surface area contributed by atoms with Crippen molar-refractivity contribution < 1.29 is 22.0 Å². The quantitative estimate of drug-likeness (QED) is 0.643. The van der Waals surface area contributed by atoms with Crippen LogP contribution in [0.4, 0.5) is 27.8 Å². The maximum Gasteiger partial charge on any atom is 0.435 e. The lowest BCUT2D eigenvalue weighted by Gasteiger charge is -2.22. The summed E-state index contributed by atoms with van der Waals surface area (Å²) in [6.45, 7) is 4.82. The Labute approximate surface area is 167 Å². The zero-order valence-corrected chi connectivity index (χ0v) is 16.4. The molecule has 0 spiro atoms. The second-order valence-electron chi connectivity index (χ2n) is 8.32. The molecule has 4 rings (SSSR count). The van der Waals surface area contributed by atoms with E-state index in [1.54, 1.807) is 0 Å². The summed E-state index contributed by atoms with van der Waals surface area (Å²) in [7, 11) is 0. The SMILES string of the molecule is CC(C)(C)c1nc(N2CCC(F)(F)C2)c2nnn(Cc3c[nH]nc3C(F)(F)F)c2n1. The van der Waals surface area contributed by atoms with Crippen molar-refractivity contribution in [3.8, 4) is 0 Å². The lowest BCUT2D eigenvalue weighted by Crippen LogP contribution is -2.27. The van der Waals surface area contributed by atoms with E-state index < -0.39 is 29.8 Å². The van der Waals surface area contributed by atoms with Crippen LogP contribution in [-0.2, 0) is 18.1 Å². The molecule has 13 heteroatoms. The summed E-state index contributed by atoms with van der Waals surface area (Å²) in [5.41, 5.74) is -1.39. The predicted octanol–water partition coefficient (Wildman–Crippen LogP) is 3.15. The highest BCUT2D eigenvalue weighted by Crippen LogP contribution is 2.35. The molecule has 1 saturated heterocycles. The Balaban J connectivity index is 1.82. The van der Waals surface area contributed by atoms with Gasteiger partial charge >= 0.3 is 6.18 Å². The minimum atomic E-state index is -4.64. The molecule has 30 heavy (non-hydrogen) atoms. The number of halogens is 5. The van der Waals surface area contributed by atoms with Crippen molar-refractivity contribution in [1.82, 2.24) is 35.2 Å². The summed E-state index contributed by atoms with van der Waals surface area (Å²) >= 11 is 0. The topological polar surface area (TPSA) is 88.4 Å². The van der Waals surface area contributed by atoms with E-state index >= 15 is 0 Å². The van der Waals surface area contributed by atoms with E-state index in [1.165, 1.54) is 9.58 Å². The first-order chi connectivity index (χ1) is 13.9. The Morgan fingerprint density at radius 1 is 1.17 bits per heavy atom. The monoisotopic (exact) mass is 430 g/mol. The third kappa shape index (κ3) is 3.67. The number of hydrogen-bond acceptors (Lipinski definition) is 6. The normalized spacial score (nSPS) is 17.3. The van der Waals surface area contributed by atoms with Crippen LogP contribution in [0, 0.1) is 0 Å². The number of nitrogens with zero attached hydrogens (tertiary/aromatic N) is 7. The number of aromatic nitrogens is 7. The van der Waals surface area contributed by atoms with Crippen molar-refractivity contribution in [3.05, 3.63) is 23.3 Å². The Morgan fingerprint density at radius 2 is 1.90 bits per heavy atom. The van der Waals surface area contributed by atoms with E-state index in [4.69, 9.17) is 0 Å². The molecule has 1 aliphatic rings. The van der Waals surface area contributed by atoms with Crippen LogP contribution < -0.4 is 4.90 Å². The summed E-state index contributed by atoms with van der Waals surface area (Å²) < 4.78 is 68.2. The smallest absolute Gasteiger partial charge is 0.348 e. The van der Waals surface area contributed by atoms with Crippen LogP contribution in [0.5, 0.6) is 0 Å². The molecule has 1 aliphatic heterocycles. The van der Waals surface area contributed by atoms with E-state index in [-0.39, 0.29) is 42.1 Å². The van der Waals surface area contributed by atoms with Gasteiger partial charge in [-0.15, -0.1) is 5.10 Å². The molecule has 0 aromatic carbocycles. The summed E-state index contributed by atoms with van der Waals surface area (Å²) in [5.74, 6) is -2.29. The van der Waals surface area contributed by atoms with Gasteiger partial charge in [0.2, 0.25) is 0 Å². The third-order valence-electron chi connectivity index (χ3n) is 4.79. The average Bonchev–Trinajstić information content (AvgIpc) is 3.32. The number of anilines is 1. The van der Waals surface area contributed by atoms with Crippen molar-refractivity contribution in [1.29, 1.82) is 0 Å². The number of H-pyrrole nitrogens is 1. The van der Waals surface area contributed by atoms with Gasteiger partial charge in [0, 0.05) is 30.1 Å². The molecule has 0 amide bonds. The summed E-state index contributed by atoms with van der Waals surface area (Å²) in [4.78, 5) is 10.3. The number of hydrogen-bond donors (Lipinski definition) is 1. The molecular weight excluding hydrogens is 411 g/mol. The molecule has 0 unspecified atom stereocenters. The molecular formula is C17H19F5N8. The first kappa shape index (κ1) is 20.4. The van der Waals surface area contributed by atoms with Crippen LogP contribution in [0.1, 0.15) is 44.3 Å². The van der Waals surface area contributed by atoms with Gasteiger partial charge in [0.1, 0.15) is 5.82 Å². The van der Waals surface area contributed by atoms with Gasteiger partial charge in [0.05, 0.1) is 13.1 Å². The second kappa shape index (κ2) is 6.57. The average molecular weight is 430 g/mol. The molecule has 1 fully saturated rings.